The van der Waals surface area contributed by atoms with Crippen LogP contribution < -0.4 is 0 Å². The lowest BCUT2D eigenvalue weighted by atomic mass is 10.0. The van der Waals surface area contributed by atoms with Crippen LogP contribution in [0.3, 0.4) is 0 Å². The zero-order valence-electron chi connectivity index (χ0n) is 46.2. The molecule has 0 radical (unpaired) electrons. The van der Waals surface area contributed by atoms with Crippen molar-refractivity contribution in [1.29, 1.82) is 0 Å². The van der Waals surface area contributed by atoms with E-state index in [1.807, 2.05) is 30.3 Å². The maximum absolute atomic E-state index is 10.2. The Morgan fingerprint density at radius 1 is 0.421 bits per heavy atom. The minimum absolute atomic E-state index is 0.00396. The molecule has 0 aliphatic rings. The van der Waals surface area contributed by atoms with E-state index >= 15 is 0 Å². The maximum atomic E-state index is 10.2. The van der Waals surface area contributed by atoms with Gasteiger partial charge in [0.15, 0.2) is 0 Å². The number of nitrogens with zero attached hydrogens (tertiary/aromatic N) is 7. The zero-order chi connectivity index (χ0) is 52.2. The number of aromatic nitrogens is 7. The molecule has 12 rings (SSSR count). The summed E-state index contributed by atoms with van der Waals surface area (Å²) in [7, 11) is 0. The molecule has 0 unspecified atom stereocenters. The summed E-state index contributed by atoms with van der Waals surface area (Å²) >= 11 is 0. The van der Waals surface area contributed by atoms with Crippen molar-refractivity contribution < 1.29 is 23.3 Å². The van der Waals surface area contributed by atoms with Gasteiger partial charge in [-0.05, 0) is 48.4 Å². The third kappa shape index (κ3) is 4.66. The molecule has 7 heteroatoms. The number of hydrogen-bond acceptors (Lipinski definition) is 4. The topological polar surface area (TPSA) is 66.3 Å². The molecule has 6 aromatic heterocycles. The Morgan fingerprint density at radius 2 is 0.982 bits per heavy atom. The summed E-state index contributed by atoms with van der Waals surface area (Å²) in [6, 6.07) is 5.80. The Kier molecular flexibility index (Phi) is 4.13. The SMILES string of the molecule is [2H]c1c(-c2c([2H])c([2H])c([2H])c([2H])c2[2H])nc(-n2c3c([2H])c([2H])c([2H])c([2H])c3c3c([2H])c([2H])c([2H])c([2H])c32)nc1-c1c([2H])c([2H])c([2H])c(-n2c3ccccc3c3ccncc32)c1-n1c2ccccc2c2ccncc21. The summed E-state index contributed by atoms with van der Waals surface area (Å²) < 4.78 is 160. The quantitative estimate of drug-likeness (QED) is 0.176. The molecule has 0 aliphatic heterocycles. The monoisotopic (exact) mass is 746 g/mol. The number of fused-ring (bicyclic) bond motifs is 9. The van der Waals surface area contributed by atoms with Crippen LogP contribution in [0.4, 0.5) is 0 Å². The van der Waals surface area contributed by atoms with Gasteiger partial charge >= 0.3 is 0 Å². The zero-order valence-corrected chi connectivity index (χ0v) is 29.2. The molecule has 0 bridgehead atoms. The highest BCUT2D eigenvalue weighted by Gasteiger charge is 2.24. The van der Waals surface area contributed by atoms with Crippen LogP contribution in [0.15, 0.2) is 188 Å². The third-order valence-electron chi connectivity index (χ3n) is 10.1. The third-order valence-corrected chi connectivity index (χ3v) is 10.1. The van der Waals surface area contributed by atoms with Gasteiger partial charge in [-0.25, -0.2) is 9.97 Å². The fraction of sp³-hybridized carbons (Fsp3) is 0. The van der Waals surface area contributed by atoms with Gasteiger partial charge in [-0.3, -0.25) is 14.5 Å². The summed E-state index contributed by atoms with van der Waals surface area (Å²) in [6.45, 7) is 0. The second-order valence-electron chi connectivity index (χ2n) is 13.1. The first-order chi connectivity index (χ1) is 35.4. The predicted octanol–water partition coefficient (Wildman–Crippen LogP) is 11.9. The standard InChI is InChI=1S/C50H31N7/c1-2-13-32(14-3-1)40-29-41(54-50(53-40)57-44-22-10-6-15-33(44)34-16-7-11-23-45(34)57)39-19-12-24-46(55-42-20-8-4-17-35(42)37-25-27-51-30-47(37)55)49(39)56-43-21-9-5-18-36(43)38-26-28-52-31-48(38)56/h1-31H/i1D,2D,3D,6D,7D,10D,11D,12D,13D,14D,15D,16D,19D,22D,23D,24D,29D. The van der Waals surface area contributed by atoms with Gasteiger partial charge in [0.05, 0.1) is 91.6 Å². The number of benzene rings is 6. The van der Waals surface area contributed by atoms with Crippen molar-refractivity contribution in [2.24, 2.45) is 0 Å². The summed E-state index contributed by atoms with van der Waals surface area (Å²) in [6.07, 6.45) is 6.37. The largest absolute Gasteiger partial charge is 0.306 e. The Labute approximate surface area is 350 Å². The minimum atomic E-state index is -0.813. The molecular formula is C50H31N7. The molecular weight excluding hydrogens is 699 g/mol. The van der Waals surface area contributed by atoms with Gasteiger partial charge in [0.1, 0.15) is 0 Å². The first-order valence-corrected chi connectivity index (χ1v) is 17.7. The van der Waals surface area contributed by atoms with Crippen molar-refractivity contribution in [3.05, 3.63) is 188 Å². The summed E-state index contributed by atoms with van der Waals surface area (Å²) in [4.78, 5) is 18.5. The first-order valence-electron chi connectivity index (χ1n) is 26.2. The van der Waals surface area contributed by atoms with Gasteiger partial charge in [0.25, 0.3) is 0 Å². The van der Waals surface area contributed by atoms with Crippen LogP contribution in [0.1, 0.15) is 23.3 Å². The van der Waals surface area contributed by atoms with E-state index in [1.165, 1.54) is 0 Å². The van der Waals surface area contributed by atoms with Crippen LogP contribution in [0, 0.1) is 0 Å². The molecule has 0 N–H and O–H groups in total. The van der Waals surface area contributed by atoms with Crippen molar-refractivity contribution in [3.8, 4) is 39.8 Å². The lowest BCUT2D eigenvalue weighted by Crippen LogP contribution is -2.08. The van der Waals surface area contributed by atoms with E-state index in [1.54, 1.807) is 64.3 Å². The molecule has 7 nitrogen and oxygen atoms in total. The maximum Gasteiger partial charge on any atom is 0.235 e. The molecule has 57 heavy (non-hydrogen) atoms. The summed E-state index contributed by atoms with van der Waals surface area (Å²) in [5, 5.41) is 2.11. The van der Waals surface area contributed by atoms with Crippen LogP contribution in [-0.2, 0) is 0 Å². The molecule has 0 saturated heterocycles. The lowest BCUT2D eigenvalue weighted by Gasteiger charge is -2.21. The number of hydrogen-bond donors (Lipinski definition) is 0. The highest BCUT2D eigenvalue weighted by molar-refractivity contribution is 6.12. The Balaban J connectivity index is 1.37. The van der Waals surface area contributed by atoms with E-state index < -0.39 is 137 Å². The average molecular weight is 747 g/mol. The highest BCUT2D eigenvalue weighted by atomic mass is 15.2. The molecule has 0 spiro atoms. The van der Waals surface area contributed by atoms with E-state index in [9.17, 15) is 8.22 Å². The van der Waals surface area contributed by atoms with E-state index in [0.29, 0.717) is 38.2 Å². The highest BCUT2D eigenvalue weighted by Crippen LogP contribution is 2.42. The van der Waals surface area contributed by atoms with Gasteiger partial charge in [-0.1, -0.05) is 115 Å². The first kappa shape index (κ1) is 19.1. The number of rotatable bonds is 5. The molecule has 12 aromatic rings. The molecule has 6 aromatic carbocycles. The molecule has 0 saturated carbocycles. The van der Waals surface area contributed by atoms with E-state index in [4.69, 9.17) is 20.1 Å². The van der Waals surface area contributed by atoms with Gasteiger partial charge < -0.3 is 9.13 Å². The van der Waals surface area contributed by atoms with Crippen LogP contribution in [-0.4, -0.2) is 33.6 Å². The lowest BCUT2D eigenvalue weighted by molar-refractivity contribution is 0.993. The Morgan fingerprint density at radius 3 is 1.67 bits per heavy atom. The fourth-order valence-corrected chi connectivity index (χ4v) is 7.78. The predicted molar refractivity (Wildman–Crippen MR) is 232 cm³/mol. The van der Waals surface area contributed by atoms with Crippen molar-refractivity contribution in [2.45, 2.75) is 0 Å². The van der Waals surface area contributed by atoms with Gasteiger partial charge in [0.2, 0.25) is 5.95 Å². The number of para-hydroxylation sites is 5. The van der Waals surface area contributed by atoms with Crippen LogP contribution in [0.25, 0.3) is 105 Å². The molecule has 0 fully saturated rings. The second kappa shape index (κ2) is 12.3. The molecule has 0 aliphatic carbocycles. The van der Waals surface area contributed by atoms with Gasteiger partial charge in [-0.2, -0.15) is 0 Å². The van der Waals surface area contributed by atoms with Crippen LogP contribution in [0.2, 0.25) is 0 Å². The summed E-state index contributed by atoms with van der Waals surface area (Å²) in [5.41, 5.74) is -1.06. The normalized spacial score (nSPS) is 16.0. The number of pyridine rings is 2. The molecule has 0 atom stereocenters. The second-order valence-corrected chi connectivity index (χ2v) is 13.1. The van der Waals surface area contributed by atoms with Crippen LogP contribution in [0.5, 0.6) is 0 Å². The Hall–Kier alpha value is -7.90. The van der Waals surface area contributed by atoms with E-state index in [2.05, 4.69) is 15.0 Å². The van der Waals surface area contributed by atoms with E-state index in [0.717, 1.165) is 9.95 Å². The Bertz CT molecular complexity index is 4330. The van der Waals surface area contributed by atoms with Gasteiger partial charge in [-0.15, -0.1) is 0 Å². The van der Waals surface area contributed by atoms with Crippen molar-refractivity contribution in [1.82, 2.24) is 33.6 Å². The van der Waals surface area contributed by atoms with Crippen LogP contribution >= 0.6 is 0 Å². The van der Waals surface area contributed by atoms with E-state index in [-0.39, 0.29) is 27.7 Å². The molecule has 266 valence electrons. The van der Waals surface area contributed by atoms with Crippen molar-refractivity contribution in [3.63, 3.8) is 0 Å². The average Bonchev–Trinajstić information content (AvgIpc) is 4.06. The summed E-state index contributed by atoms with van der Waals surface area (Å²) in [5.74, 6) is -0.675. The minimum Gasteiger partial charge on any atom is -0.306 e. The smallest absolute Gasteiger partial charge is 0.235 e. The van der Waals surface area contributed by atoms with Crippen molar-refractivity contribution >= 4 is 65.4 Å². The molecule has 6 heterocycles. The van der Waals surface area contributed by atoms with Crippen molar-refractivity contribution in [2.75, 3.05) is 0 Å². The fourth-order valence-electron chi connectivity index (χ4n) is 7.78. The molecule has 0 amide bonds. The van der Waals surface area contributed by atoms with Gasteiger partial charge in [0, 0.05) is 55.8 Å².